The van der Waals surface area contributed by atoms with Crippen LogP contribution in [0.3, 0.4) is 0 Å². The Hall–Kier alpha value is -3.42. The molecule has 3 aliphatic rings. The molecule has 0 saturated heterocycles. The summed E-state index contributed by atoms with van der Waals surface area (Å²) in [6.07, 6.45) is 2.01. The number of anilines is 3. The number of rotatable bonds is 9. The van der Waals surface area contributed by atoms with Crippen LogP contribution in [0.2, 0.25) is 0 Å². The van der Waals surface area contributed by atoms with Crippen molar-refractivity contribution in [2.45, 2.75) is 57.2 Å². The van der Waals surface area contributed by atoms with Crippen LogP contribution in [0.5, 0.6) is 0 Å². The van der Waals surface area contributed by atoms with Crippen molar-refractivity contribution in [1.82, 2.24) is 29.9 Å². The van der Waals surface area contributed by atoms with Gasteiger partial charge in [-0.3, -0.25) is 18.8 Å². The predicted molar refractivity (Wildman–Crippen MR) is 134 cm³/mol. The minimum absolute atomic E-state index is 0.116. The van der Waals surface area contributed by atoms with E-state index in [-0.39, 0.29) is 24.1 Å². The third-order valence-electron chi connectivity index (χ3n) is 7.33. The van der Waals surface area contributed by atoms with Crippen molar-refractivity contribution < 1.29 is 22.8 Å². The van der Waals surface area contributed by atoms with Crippen molar-refractivity contribution in [2.75, 3.05) is 17.2 Å². The molecule has 38 heavy (non-hydrogen) atoms. The van der Waals surface area contributed by atoms with Crippen molar-refractivity contribution in [3.63, 3.8) is 0 Å². The number of carbonyl (C=O) groups is 2. The maximum Gasteiger partial charge on any atom is 0.282 e. The summed E-state index contributed by atoms with van der Waals surface area (Å²) in [6.45, 7) is 0.584. The molecule has 3 N–H and O–H groups in total. The number of thiophene rings is 1. The van der Waals surface area contributed by atoms with Crippen LogP contribution in [0, 0.1) is 11.8 Å². The number of halogens is 3. The fourth-order valence-electron chi connectivity index (χ4n) is 4.85. The number of alkyl halides is 3. The molecule has 2 unspecified atom stereocenters. The lowest BCUT2D eigenvalue weighted by Gasteiger charge is -2.25. The van der Waals surface area contributed by atoms with E-state index in [0.29, 0.717) is 47.6 Å². The predicted octanol–water partition coefficient (Wildman–Crippen LogP) is 3.92. The summed E-state index contributed by atoms with van der Waals surface area (Å²) in [5, 5.41) is 21.3. The minimum atomic E-state index is -2.69. The summed E-state index contributed by atoms with van der Waals surface area (Å²) in [7, 11) is 1.56. The van der Waals surface area contributed by atoms with Gasteiger partial charge < -0.3 is 16.0 Å². The highest BCUT2D eigenvalue weighted by molar-refractivity contribution is 7.17. The number of aromatic nitrogens is 5. The zero-order valence-electron chi connectivity index (χ0n) is 20.6. The van der Waals surface area contributed by atoms with Crippen LogP contribution < -0.4 is 16.0 Å². The second-order valence-electron chi connectivity index (χ2n) is 10.2. The van der Waals surface area contributed by atoms with Gasteiger partial charge in [-0.1, -0.05) is 0 Å². The van der Waals surface area contributed by atoms with E-state index < -0.39 is 24.4 Å². The molecule has 0 radical (unpaired) electrons. The Morgan fingerprint density at radius 1 is 1.26 bits per heavy atom. The van der Waals surface area contributed by atoms with Gasteiger partial charge in [0.2, 0.25) is 11.9 Å². The van der Waals surface area contributed by atoms with Crippen LogP contribution >= 0.6 is 11.3 Å². The summed E-state index contributed by atoms with van der Waals surface area (Å²) in [4.78, 5) is 26.9. The molecule has 10 nitrogen and oxygen atoms in total. The van der Waals surface area contributed by atoms with E-state index >= 15 is 0 Å². The molecule has 3 aliphatic carbocycles. The van der Waals surface area contributed by atoms with Crippen LogP contribution in [0.15, 0.2) is 12.4 Å². The molecule has 3 atom stereocenters. The van der Waals surface area contributed by atoms with Crippen LogP contribution in [0.25, 0.3) is 0 Å². The van der Waals surface area contributed by atoms with Gasteiger partial charge >= 0.3 is 0 Å². The van der Waals surface area contributed by atoms with Gasteiger partial charge in [-0.2, -0.15) is 5.10 Å². The molecule has 0 bridgehead atoms. The molecule has 0 aromatic carbocycles. The van der Waals surface area contributed by atoms with Gasteiger partial charge in [0, 0.05) is 30.6 Å². The monoisotopic (exact) mass is 548 g/mol. The van der Waals surface area contributed by atoms with Gasteiger partial charge in [-0.05, 0) is 50.0 Å². The van der Waals surface area contributed by atoms with Gasteiger partial charge in [-0.15, -0.1) is 21.5 Å². The number of hydrogen-bond donors (Lipinski definition) is 3. The number of nitrogens with zero attached hydrogens (tertiary/aromatic N) is 5. The molecular formula is C24H27F3N8O2S. The van der Waals surface area contributed by atoms with E-state index in [1.165, 1.54) is 22.1 Å². The summed E-state index contributed by atoms with van der Waals surface area (Å²) in [5.74, 6) is -0.0943. The highest BCUT2D eigenvalue weighted by atomic mass is 32.1. The Morgan fingerprint density at radius 2 is 2.05 bits per heavy atom. The normalized spacial score (nSPS) is 22.3. The average molecular weight is 549 g/mol. The van der Waals surface area contributed by atoms with Crippen molar-refractivity contribution in [1.29, 1.82) is 0 Å². The molecule has 3 aromatic rings. The lowest BCUT2D eigenvalue weighted by molar-refractivity contribution is -0.117. The number of amides is 2. The number of nitrogens with one attached hydrogen (secondary N) is 3. The standard InChI is InChI=1S/C24H27F3N8O2S/c1-34-18(8-16(33-34)20(26)27)30-24-32-29-10-35(24)12-4-5-17-14(6-12)19(22(37)28-9-11-2-3-11)23(38-17)31-21(36)13-7-15(13)25/h8,10-13,15,20H,2-7,9H2,1H3,(H,28,37)(H,30,32)(H,31,36)/t12-,13?,15?/m0/s1. The number of fused-ring (bicyclic) bond motifs is 1. The maximum atomic E-state index is 13.5. The largest absolute Gasteiger partial charge is 0.352 e. The first-order chi connectivity index (χ1) is 18.3. The summed E-state index contributed by atoms with van der Waals surface area (Å²) in [5.41, 5.74) is 0.946. The van der Waals surface area contributed by atoms with Crippen molar-refractivity contribution in [3.8, 4) is 0 Å². The number of carbonyl (C=O) groups excluding carboxylic acids is 2. The van der Waals surface area contributed by atoms with Gasteiger partial charge in [-0.25, -0.2) is 13.2 Å². The summed E-state index contributed by atoms with van der Waals surface area (Å²) in [6, 6.07) is 1.15. The molecule has 2 saturated carbocycles. The third kappa shape index (κ3) is 4.88. The van der Waals surface area contributed by atoms with E-state index in [1.54, 1.807) is 13.4 Å². The Balaban J connectivity index is 1.26. The van der Waals surface area contributed by atoms with E-state index in [4.69, 9.17) is 0 Å². The Morgan fingerprint density at radius 3 is 2.74 bits per heavy atom. The first kappa shape index (κ1) is 24.9. The van der Waals surface area contributed by atoms with Gasteiger partial charge in [0.1, 0.15) is 29.0 Å². The lowest BCUT2D eigenvalue weighted by atomic mass is 9.91. The molecular weight excluding hydrogens is 521 g/mol. The first-order valence-corrected chi connectivity index (χ1v) is 13.5. The minimum Gasteiger partial charge on any atom is -0.352 e. The summed E-state index contributed by atoms with van der Waals surface area (Å²) >= 11 is 1.37. The van der Waals surface area contributed by atoms with Gasteiger partial charge in [0.25, 0.3) is 12.3 Å². The van der Waals surface area contributed by atoms with Crippen LogP contribution in [0.4, 0.5) is 29.9 Å². The van der Waals surface area contributed by atoms with Crippen LogP contribution in [-0.4, -0.2) is 49.1 Å². The second kappa shape index (κ2) is 9.71. The average Bonchev–Trinajstić information content (AvgIpc) is 3.72. The molecule has 3 heterocycles. The van der Waals surface area contributed by atoms with Crippen LogP contribution in [-0.2, 0) is 24.7 Å². The second-order valence-corrected chi connectivity index (χ2v) is 11.3. The molecule has 2 amide bonds. The number of hydrogen-bond acceptors (Lipinski definition) is 7. The van der Waals surface area contributed by atoms with Crippen molar-refractivity contribution >= 4 is 39.9 Å². The van der Waals surface area contributed by atoms with E-state index in [0.717, 1.165) is 29.7 Å². The maximum absolute atomic E-state index is 13.5. The molecule has 2 fully saturated rings. The highest BCUT2D eigenvalue weighted by Crippen LogP contribution is 2.43. The van der Waals surface area contributed by atoms with Crippen LogP contribution in [0.1, 0.15) is 64.6 Å². The quantitative estimate of drug-likeness (QED) is 0.373. The van der Waals surface area contributed by atoms with E-state index in [2.05, 4.69) is 31.2 Å². The molecule has 0 aliphatic heterocycles. The molecule has 6 rings (SSSR count). The van der Waals surface area contributed by atoms with Gasteiger partial charge in [0.05, 0.1) is 11.5 Å². The van der Waals surface area contributed by atoms with E-state index in [1.807, 2.05) is 4.57 Å². The molecule has 202 valence electrons. The topological polar surface area (TPSA) is 119 Å². The third-order valence-corrected chi connectivity index (χ3v) is 8.53. The van der Waals surface area contributed by atoms with E-state index in [9.17, 15) is 22.8 Å². The lowest BCUT2D eigenvalue weighted by Crippen LogP contribution is -2.29. The fourth-order valence-corrected chi connectivity index (χ4v) is 6.09. The SMILES string of the molecule is Cn1nc(C(F)F)cc1Nc1nncn1[C@H]1CCc2sc(NC(=O)C3CC3F)c(C(=O)NCC3CC3)c2C1. The Bertz CT molecular complexity index is 1380. The molecule has 14 heteroatoms. The zero-order valence-corrected chi connectivity index (χ0v) is 21.4. The fraction of sp³-hybridized carbons (Fsp3) is 0.542. The highest BCUT2D eigenvalue weighted by Gasteiger charge is 2.44. The molecule has 0 spiro atoms. The summed E-state index contributed by atoms with van der Waals surface area (Å²) < 4.78 is 42.8. The van der Waals surface area contributed by atoms with Gasteiger partial charge in [0.15, 0.2) is 0 Å². The smallest absolute Gasteiger partial charge is 0.282 e. The first-order valence-electron chi connectivity index (χ1n) is 12.6. The Kier molecular flexibility index (Phi) is 6.36. The Labute approximate surface area is 220 Å². The number of aryl methyl sites for hydroxylation is 2. The molecule has 3 aromatic heterocycles. The van der Waals surface area contributed by atoms with Crippen molar-refractivity contribution in [2.24, 2.45) is 18.9 Å². The zero-order chi connectivity index (χ0) is 26.6. The van der Waals surface area contributed by atoms with Crippen molar-refractivity contribution in [3.05, 3.63) is 34.1 Å².